The molecule has 1 amide bonds. The fraction of sp³-hybridized carbons (Fsp3) is 0.389. The number of ether oxygens (including phenoxy) is 1. The number of nitrogens with two attached hydrogens (primary N) is 1. The average Bonchev–Trinajstić information content (AvgIpc) is 2.61. The Morgan fingerprint density at radius 2 is 1.96 bits per heavy atom. The third-order valence-corrected chi connectivity index (χ3v) is 4.20. The second kappa shape index (κ2) is 7.40. The fourth-order valence-corrected chi connectivity index (χ4v) is 2.92. The molecule has 0 aliphatic carbocycles. The van der Waals surface area contributed by atoms with Crippen molar-refractivity contribution in [2.75, 3.05) is 19.6 Å². The van der Waals surface area contributed by atoms with Crippen molar-refractivity contribution < 1.29 is 9.53 Å². The van der Waals surface area contributed by atoms with Crippen LogP contribution in [-0.4, -0.2) is 40.4 Å². The van der Waals surface area contributed by atoms with Crippen molar-refractivity contribution in [1.82, 2.24) is 14.9 Å². The number of carbonyl (C=O) groups is 1. The smallest absolute Gasteiger partial charge is 0.236 e. The lowest BCUT2D eigenvalue weighted by Crippen LogP contribution is -2.41. The molecule has 0 radical (unpaired) electrons. The lowest BCUT2D eigenvalue weighted by atomic mass is 9.96. The highest BCUT2D eigenvalue weighted by molar-refractivity contribution is 5.78. The van der Waals surface area contributed by atoms with Gasteiger partial charge in [-0.15, -0.1) is 0 Å². The number of para-hydroxylation sites is 1. The number of aryl methyl sites for hydroxylation is 1. The number of piperidine rings is 1. The number of amides is 1. The van der Waals surface area contributed by atoms with Crippen LogP contribution >= 0.6 is 0 Å². The van der Waals surface area contributed by atoms with Crippen LogP contribution in [0.15, 0.2) is 36.4 Å². The molecule has 3 rings (SSSR count). The van der Waals surface area contributed by atoms with Crippen molar-refractivity contribution >= 4 is 5.91 Å². The van der Waals surface area contributed by atoms with Crippen LogP contribution in [0.25, 0.3) is 0 Å². The quantitative estimate of drug-likeness (QED) is 0.932. The monoisotopic (exact) mass is 326 g/mol. The first-order chi connectivity index (χ1) is 11.7. The highest BCUT2D eigenvalue weighted by atomic mass is 16.5. The topological polar surface area (TPSA) is 81.3 Å². The first kappa shape index (κ1) is 16.4. The van der Waals surface area contributed by atoms with E-state index in [1.165, 1.54) is 0 Å². The van der Waals surface area contributed by atoms with Gasteiger partial charge in [0.25, 0.3) is 0 Å². The minimum Gasteiger partial charge on any atom is -0.439 e. The SMILES string of the molecule is Cc1cc(Oc2ccccc2)nc(C2CCN(C(=O)CN)CC2)n1. The lowest BCUT2D eigenvalue weighted by molar-refractivity contribution is -0.130. The Morgan fingerprint density at radius 1 is 1.25 bits per heavy atom. The summed E-state index contributed by atoms with van der Waals surface area (Å²) in [5.74, 6) is 2.35. The van der Waals surface area contributed by atoms with E-state index in [-0.39, 0.29) is 18.4 Å². The van der Waals surface area contributed by atoms with E-state index in [0.29, 0.717) is 19.0 Å². The predicted molar refractivity (Wildman–Crippen MR) is 90.9 cm³/mol. The Morgan fingerprint density at radius 3 is 2.62 bits per heavy atom. The van der Waals surface area contributed by atoms with Gasteiger partial charge in [-0.25, -0.2) is 4.98 Å². The minimum absolute atomic E-state index is 0.00621. The van der Waals surface area contributed by atoms with Crippen LogP contribution < -0.4 is 10.5 Å². The van der Waals surface area contributed by atoms with E-state index >= 15 is 0 Å². The van der Waals surface area contributed by atoms with E-state index in [1.54, 1.807) is 0 Å². The molecule has 2 aromatic rings. The summed E-state index contributed by atoms with van der Waals surface area (Å²) in [5, 5.41) is 0. The molecule has 2 heterocycles. The van der Waals surface area contributed by atoms with Gasteiger partial charge in [0.2, 0.25) is 11.8 Å². The molecule has 0 saturated carbocycles. The van der Waals surface area contributed by atoms with Gasteiger partial charge in [-0.05, 0) is 31.9 Å². The summed E-state index contributed by atoms with van der Waals surface area (Å²) in [6.45, 7) is 3.41. The fourth-order valence-electron chi connectivity index (χ4n) is 2.92. The zero-order chi connectivity index (χ0) is 16.9. The maximum absolute atomic E-state index is 11.7. The van der Waals surface area contributed by atoms with E-state index in [9.17, 15) is 4.79 Å². The third kappa shape index (κ3) is 3.89. The van der Waals surface area contributed by atoms with Crippen molar-refractivity contribution in [2.45, 2.75) is 25.7 Å². The van der Waals surface area contributed by atoms with Crippen molar-refractivity contribution in [3.63, 3.8) is 0 Å². The molecule has 1 fully saturated rings. The van der Waals surface area contributed by atoms with Gasteiger partial charge in [-0.3, -0.25) is 4.79 Å². The molecule has 0 spiro atoms. The molecule has 1 aromatic heterocycles. The summed E-state index contributed by atoms with van der Waals surface area (Å²) >= 11 is 0. The molecular formula is C18H22N4O2. The summed E-state index contributed by atoms with van der Waals surface area (Å²) in [6, 6.07) is 11.4. The second-order valence-corrected chi connectivity index (χ2v) is 5.98. The molecule has 24 heavy (non-hydrogen) atoms. The number of rotatable bonds is 4. The van der Waals surface area contributed by atoms with E-state index in [4.69, 9.17) is 10.5 Å². The molecule has 1 saturated heterocycles. The number of hydrogen-bond donors (Lipinski definition) is 1. The van der Waals surface area contributed by atoms with E-state index in [0.717, 1.165) is 30.1 Å². The number of hydrogen-bond acceptors (Lipinski definition) is 5. The third-order valence-electron chi connectivity index (χ3n) is 4.20. The maximum Gasteiger partial charge on any atom is 0.236 e. The van der Waals surface area contributed by atoms with Gasteiger partial charge in [0.05, 0.1) is 6.54 Å². The summed E-state index contributed by atoms with van der Waals surface area (Å²) in [5.41, 5.74) is 6.31. The number of aromatic nitrogens is 2. The first-order valence-electron chi connectivity index (χ1n) is 8.22. The Balaban J connectivity index is 1.71. The number of carbonyl (C=O) groups excluding carboxylic acids is 1. The zero-order valence-electron chi connectivity index (χ0n) is 13.8. The van der Waals surface area contributed by atoms with Gasteiger partial charge >= 0.3 is 0 Å². The van der Waals surface area contributed by atoms with E-state index in [2.05, 4.69) is 9.97 Å². The van der Waals surface area contributed by atoms with Gasteiger partial charge in [-0.2, -0.15) is 4.98 Å². The molecule has 2 N–H and O–H groups in total. The van der Waals surface area contributed by atoms with Crippen LogP contribution in [0, 0.1) is 6.92 Å². The Kier molecular flexibility index (Phi) is 5.05. The van der Waals surface area contributed by atoms with Crippen LogP contribution in [0.3, 0.4) is 0 Å². The molecule has 0 atom stereocenters. The normalized spacial score (nSPS) is 15.3. The molecular weight excluding hydrogens is 304 g/mol. The zero-order valence-corrected chi connectivity index (χ0v) is 13.8. The average molecular weight is 326 g/mol. The van der Waals surface area contributed by atoms with E-state index < -0.39 is 0 Å². The van der Waals surface area contributed by atoms with Crippen molar-refractivity contribution in [1.29, 1.82) is 0 Å². The van der Waals surface area contributed by atoms with Crippen LogP contribution in [0.1, 0.15) is 30.3 Å². The van der Waals surface area contributed by atoms with Gasteiger partial charge < -0.3 is 15.4 Å². The van der Waals surface area contributed by atoms with Crippen molar-refractivity contribution in [3.8, 4) is 11.6 Å². The molecule has 6 heteroatoms. The molecule has 0 bridgehead atoms. The number of benzene rings is 1. The Labute approximate surface area is 141 Å². The number of likely N-dealkylation sites (tertiary alicyclic amines) is 1. The van der Waals surface area contributed by atoms with Gasteiger partial charge in [0, 0.05) is 30.8 Å². The molecule has 1 aliphatic heterocycles. The first-order valence-corrected chi connectivity index (χ1v) is 8.22. The van der Waals surface area contributed by atoms with Gasteiger partial charge in [-0.1, -0.05) is 18.2 Å². The van der Waals surface area contributed by atoms with Crippen molar-refractivity contribution in [3.05, 3.63) is 47.9 Å². The van der Waals surface area contributed by atoms with Crippen molar-refractivity contribution in [2.24, 2.45) is 5.73 Å². The van der Waals surface area contributed by atoms with Crippen LogP contribution in [0.2, 0.25) is 0 Å². The molecule has 0 unspecified atom stereocenters. The Bertz CT molecular complexity index is 697. The molecule has 1 aromatic carbocycles. The van der Waals surface area contributed by atoms with Gasteiger partial charge in [0.15, 0.2) is 0 Å². The minimum atomic E-state index is 0.00621. The predicted octanol–water partition coefficient (Wildman–Crippen LogP) is 2.24. The highest BCUT2D eigenvalue weighted by Crippen LogP contribution is 2.28. The lowest BCUT2D eigenvalue weighted by Gasteiger charge is -2.31. The van der Waals surface area contributed by atoms with Gasteiger partial charge in [0.1, 0.15) is 11.6 Å². The summed E-state index contributed by atoms with van der Waals surface area (Å²) in [4.78, 5) is 22.6. The number of nitrogens with zero attached hydrogens (tertiary/aromatic N) is 3. The molecule has 1 aliphatic rings. The van der Waals surface area contributed by atoms with Crippen LogP contribution in [-0.2, 0) is 4.79 Å². The summed E-state index contributed by atoms with van der Waals surface area (Å²) < 4.78 is 5.84. The summed E-state index contributed by atoms with van der Waals surface area (Å²) in [7, 11) is 0. The molecule has 6 nitrogen and oxygen atoms in total. The summed E-state index contributed by atoms with van der Waals surface area (Å²) in [6.07, 6.45) is 1.69. The standard InChI is InChI=1S/C18H22N4O2/c1-13-11-16(24-15-5-3-2-4-6-15)21-18(20-13)14-7-9-22(10-8-14)17(23)12-19/h2-6,11,14H,7-10,12,19H2,1H3. The highest BCUT2D eigenvalue weighted by Gasteiger charge is 2.25. The Hall–Kier alpha value is -2.47. The van der Waals surface area contributed by atoms with Crippen LogP contribution in [0.4, 0.5) is 0 Å². The maximum atomic E-state index is 11.7. The second-order valence-electron chi connectivity index (χ2n) is 5.98. The van der Waals surface area contributed by atoms with E-state index in [1.807, 2.05) is 48.2 Å². The molecule has 126 valence electrons. The largest absolute Gasteiger partial charge is 0.439 e. The van der Waals surface area contributed by atoms with Crippen LogP contribution in [0.5, 0.6) is 11.6 Å².